The van der Waals surface area contributed by atoms with Crippen LogP contribution in [0.5, 0.6) is 5.75 Å². The highest BCUT2D eigenvalue weighted by Crippen LogP contribution is 2.27. The molecule has 0 aromatic heterocycles. The van der Waals surface area contributed by atoms with Crippen molar-refractivity contribution in [2.24, 2.45) is 0 Å². The number of nitriles is 1. The van der Waals surface area contributed by atoms with E-state index in [4.69, 9.17) is 26.7 Å². The van der Waals surface area contributed by atoms with Gasteiger partial charge in [-0.25, -0.2) is 0 Å². The molecule has 1 aromatic carbocycles. The van der Waals surface area contributed by atoms with E-state index < -0.39 is 11.9 Å². The molecule has 0 heterocycles. The lowest BCUT2D eigenvalue weighted by atomic mass is 10.2. The van der Waals surface area contributed by atoms with Gasteiger partial charge in [0, 0.05) is 24.9 Å². The predicted octanol–water partition coefficient (Wildman–Crippen LogP) is 2.93. The molecule has 1 rings (SSSR count). The summed E-state index contributed by atoms with van der Waals surface area (Å²) in [6.45, 7) is 0.548. The zero-order valence-electron chi connectivity index (χ0n) is 13.8. The van der Waals surface area contributed by atoms with E-state index in [9.17, 15) is 9.59 Å². The van der Waals surface area contributed by atoms with E-state index in [0.29, 0.717) is 29.4 Å². The molecule has 0 atom stereocenters. The van der Waals surface area contributed by atoms with Crippen LogP contribution in [-0.4, -0.2) is 30.6 Å². The monoisotopic (exact) mass is 365 g/mol. The molecule has 0 unspecified atom stereocenters. The number of carboxylic acid groups (broad SMARTS) is 1. The van der Waals surface area contributed by atoms with E-state index in [1.54, 1.807) is 12.1 Å². The van der Waals surface area contributed by atoms with Crippen molar-refractivity contribution in [3.05, 3.63) is 35.0 Å². The van der Waals surface area contributed by atoms with Crippen LogP contribution in [0.1, 0.15) is 25.7 Å². The number of hydrogen-bond acceptors (Lipinski definition) is 5. The van der Waals surface area contributed by atoms with Gasteiger partial charge in [0.1, 0.15) is 17.4 Å². The number of hydrogen-bond donors (Lipinski definition) is 3. The molecule has 0 aliphatic heterocycles. The molecule has 1 aromatic rings. The molecule has 134 valence electrons. The highest BCUT2D eigenvalue weighted by atomic mass is 35.5. The second-order valence-electron chi connectivity index (χ2n) is 5.13. The molecule has 0 radical (unpaired) electrons. The molecule has 7 nitrogen and oxygen atoms in total. The van der Waals surface area contributed by atoms with Crippen molar-refractivity contribution in [3.8, 4) is 11.8 Å². The van der Waals surface area contributed by atoms with E-state index in [0.717, 1.165) is 12.8 Å². The van der Waals surface area contributed by atoms with Gasteiger partial charge in [0.05, 0.1) is 12.1 Å². The Kier molecular flexibility index (Phi) is 8.90. The lowest BCUT2D eigenvalue weighted by molar-refractivity contribution is -0.137. The number of ether oxygens (including phenoxy) is 1. The van der Waals surface area contributed by atoms with Crippen molar-refractivity contribution in [2.45, 2.75) is 25.7 Å². The Morgan fingerprint density at radius 3 is 2.72 bits per heavy atom. The minimum Gasteiger partial charge on any atom is -0.495 e. The Bertz CT molecular complexity index is 683. The zero-order valence-corrected chi connectivity index (χ0v) is 14.6. The maximum atomic E-state index is 12.1. The summed E-state index contributed by atoms with van der Waals surface area (Å²) >= 11 is 5.99. The van der Waals surface area contributed by atoms with Gasteiger partial charge in [0.2, 0.25) is 0 Å². The first-order chi connectivity index (χ1) is 12.0. The van der Waals surface area contributed by atoms with E-state index in [-0.39, 0.29) is 12.0 Å². The van der Waals surface area contributed by atoms with E-state index in [2.05, 4.69) is 10.6 Å². The minimum atomic E-state index is -0.810. The van der Waals surface area contributed by atoms with Crippen LogP contribution in [0.15, 0.2) is 30.0 Å². The first kappa shape index (κ1) is 20.3. The number of unbranched alkanes of at least 4 members (excludes halogenated alkanes) is 2. The lowest BCUT2D eigenvalue weighted by Crippen LogP contribution is -2.17. The summed E-state index contributed by atoms with van der Waals surface area (Å²) < 4.78 is 5.03. The van der Waals surface area contributed by atoms with Crippen LogP contribution in [0, 0.1) is 11.3 Å². The molecule has 0 saturated heterocycles. The fourth-order valence-corrected chi connectivity index (χ4v) is 2.20. The van der Waals surface area contributed by atoms with Crippen molar-refractivity contribution in [1.29, 1.82) is 5.26 Å². The molecule has 0 saturated carbocycles. The SMILES string of the molecule is COc1ccc(NC(=O)/C(C#N)=C\NCCCCCC(=O)O)cc1Cl. The summed E-state index contributed by atoms with van der Waals surface area (Å²) in [6, 6.07) is 6.59. The zero-order chi connectivity index (χ0) is 18.7. The summed E-state index contributed by atoms with van der Waals surface area (Å²) in [5.74, 6) is -0.877. The van der Waals surface area contributed by atoms with Gasteiger partial charge in [0.25, 0.3) is 5.91 Å². The standard InChI is InChI=1S/C17H20ClN3O4/c1-25-15-7-6-13(9-14(15)18)21-17(24)12(10-19)11-20-8-4-2-3-5-16(22)23/h6-7,9,11,20H,2-5,8H2,1H3,(H,21,24)(H,22,23)/b12-11-. The first-order valence-electron chi connectivity index (χ1n) is 7.68. The Morgan fingerprint density at radius 1 is 1.36 bits per heavy atom. The number of carbonyl (C=O) groups is 2. The number of carboxylic acids is 1. The Balaban J connectivity index is 2.47. The summed E-state index contributed by atoms with van der Waals surface area (Å²) in [4.78, 5) is 22.4. The van der Waals surface area contributed by atoms with Crippen LogP contribution >= 0.6 is 11.6 Å². The summed E-state index contributed by atoms with van der Waals surface area (Å²) in [7, 11) is 1.49. The average molecular weight is 366 g/mol. The Labute approximate surface area is 151 Å². The van der Waals surface area contributed by atoms with Crippen molar-refractivity contribution < 1.29 is 19.4 Å². The first-order valence-corrected chi connectivity index (χ1v) is 8.06. The van der Waals surface area contributed by atoms with Gasteiger partial charge in [-0.3, -0.25) is 9.59 Å². The van der Waals surface area contributed by atoms with Gasteiger partial charge in [-0.15, -0.1) is 0 Å². The number of methoxy groups -OCH3 is 1. The topological polar surface area (TPSA) is 111 Å². The smallest absolute Gasteiger partial charge is 0.303 e. The van der Waals surface area contributed by atoms with E-state index in [1.165, 1.54) is 19.4 Å². The van der Waals surface area contributed by atoms with Crippen LogP contribution < -0.4 is 15.4 Å². The van der Waals surface area contributed by atoms with Crippen LogP contribution in [0.3, 0.4) is 0 Å². The predicted molar refractivity (Wildman–Crippen MR) is 94.4 cm³/mol. The number of nitrogens with zero attached hydrogens (tertiary/aromatic N) is 1. The second kappa shape index (κ2) is 10.9. The molecular formula is C17H20ClN3O4. The molecule has 0 spiro atoms. The third-order valence-corrected chi connectivity index (χ3v) is 3.53. The molecule has 0 bridgehead atoms. The number of nitrogens with one attached hydrogen (secondary N) is 2. The molecule has 0 aliphatic rings. The Morgan fingerprint density at radius 2 is 2.12 bits per heavy atom. The summed E-state index contributed by atoms with van der Waals surface area (Å²) in [5, 5.41) is 23.4. The lowest BCUT2D eigenvalue weighted by Gasteiger charge is -2.08. The maximum absolute atomic E-state index is 12.1. The highest BCUT2D eigenvalue weighted by molar-refractivity contribution is 6.32. The molecule has 25 heavy (non-hydrogen) atoms. The number of amides is 1. The van der Waals surface area contributed by atoms with Gasteiger partial charge in [0.15, 0.2) is 0 Å². The quantitative estimate of drug-likeness (QED) is 0.334. The molecule has 8 heteroatoms. The van der Waals surface area contributed by atoms with Gasteiger partial charge < -0.3 is 20.5 Å². The number of rotatable bonds is 10. The van der Waals surface area contributed by atoms with Crippen LogP contribution in [0.4, 0.5) is 5.69 Å². The fraction of sp³-hybridized carbons (Fsp3) is 0.353. The van der Waals surface area contributed by atoms with Gasteiger partial charge in [-0.1, -0.05) is 18.0 Å². The normalized spacial score (nSPS) is 10.7. The number of benzene rings is 1. The fourth-order valence-electron chi connectivity index (χ4n) is 1.95. The molecular weight excluding hydrogens is 346 g/mol. The largest absolute Gasteiger partial charge is 0.495 e. The number of anilines is 1. The van der Waals surface area contributed by atoms with Gasteiger partial charge in [-0.2, -0.15) is 5.26 Å². The molecule has 0 aliphatic carbocycles. The number of carbonyl (C=O) groups excluding carboxylic acids is 1. The number of halogens is 1. The molecule has 0 fully saturated rings. The van der Waals surface area contributed by atoms with E-state index in [1.807, 2.05) is 6.07 Å². The highest BCUT2D eigenvalue weighted by Gasteiger charge is 2.10. The third kappa shape index (κ3) is 7.59. The average Bonchev–Trinajstić information content (AvgIpc) is 2.57. The van der Waals surface area contributed by atoms with E-state index >= 15 is 0 Å². The van der Waals surface area contributed by atoms with Crippen molar-refractivity contribution in [1.82, 2.24) is 5.32 Å². The third-order valence-electron chi connectivity index (χ3n) is 3.23. The van der Waals surface area contributed by atoms with Crippen molar-refractivity contribution in [2.75, 3.05) is 19.0 Å². The molecule has 1 amide bonds. The maximum Gasteiger partial charge on any atom is 0.303 e. The van der Waals surface area contributed by atoms with Crippen LogP contribution in [-0.2, 0) is 9.59 Å². The number of aliphatic carboxylic acids is 1. The summed E-state index contributed by atoms with van der Waals surface area (Å²) in [6.07, 6.45) is 3.60. The van der Waals surface area contributed by atoms with Crippen LogP contribution in [0.2, 0.25) is 5.02 Å². The molecule has 3 N–H and O–H groups in total. The van der Waals surface area contributed by atoms with Crippen molar-refractivity contribution >= 4 is 29.2 Å². The minimum absolute atomic E-state index is 0.0718. The Hall–Kier alpha value is -2.72. The van der Waals surface area contributed by atoms with Crippen LogP contribution in [0.25, 0.3) is 0 Å². The van der Waals surface area contributed by atoms with Crippen molar-refractivity contribution in [3.63, 3.8) is 0 Å². The van der Waals surface area contributed by atoms with Gasteiger partial charge >= 0.3 is 5.97 Å². The summed E-state index contributed by atoms with van der Waals surface area (Å²) in [5.41, 5.74) is 0.378. The van der Waals surface area contributed by atoms with Gasteiger partial charge in [-0.05, 0) is 31.0 Å². The second-order valence-corrected chi connectivity index (χ2v) is 5.54.